The third-order valence-electron chi connectivity index (χ3n) is 4.21. The smallest absolute Gasteiger partial charge is 0.328 e. The molecule has 2 rings (SSSR count). The molecule has 0 aliphatic heterocycles. The van der Waals surface area contributed by atoms with E-state index in [2.05, 4.69) is 29.3 Å². The highest BCUT2D eigenvalue weighted by Gasteiger charge is 2.51. The molecule has 20 heavy (non-hydrogen) atoms. The van der Waals surface area contributed by atoms with Gasteiger partial charge in [0.2, 0.25) is 0 Å². The summed E-state index contributed by atoms with van der Waals surface area (Å²) in [6, 6.07) is 10.2. The van der Waals surface area contributed by atoms with E-state index in [4.69, 9.17) is 4.74 Å². The van der Waals surface area contributed by atoms with Gasteiger partial charge in [-0.2, -0.15) is 0 Å². The molecule has 110 valence electrons. The molecule has 1 atom stereocenters. The van der Waals surface area contributed by atoms with Crippen molar-refractivity contribution in [3.05, 3.63) is 30.3 Å². The number of nitrogens with zero attached hydrogens (tertiary/aromatic N) is 1. The van der Waals surface area contributed by atoms with Gasteiger partial charge in [0.1, 0.15) is 5.54 Å². The summed E-state index contributed by atoms with van der Waals surface area (Å²) in [5.41, 5.74) is 0.542. The summed E-state index contributed by atoms with van der Waals surface area (Å²) in [5, 5.41) is 3.25. The molecule has 0 aromatic heterocycles. The number of hydrogen-bond donors (Lipinski definition) is 1. The van der Waals surface area contributed by atoms with E-state index < -0.39 is 5.54 Å². The zero-order chi connectivity index (χ0) is 14.6. The van der Waals surface area contributed by atoms with Gasteiger partial charge in [-0.25, -0.2) is 4.79 Å². The Kier molecular flexibility index (Phi) is 4.65. The van der Waals surface area contributed by atoms with Gasteiger partial charge < -0.3 is 15.0 Å². The van der Waals surface area contributed by atoms with Gasteiger partial charge in [-0.15, -0.1) is 0 Å². The second-order valence-electron chi connectivity index (χ2n) is 5.34. The fourth-order valence-electron chi connectivity index (χ4n) is 2.83. The monoisotopic (exact) mass is 276 g/mol. The van der Waals surface area contributed by atoms with Crippen molar-refractivity contribution in [1.29, 1.82) is 0 Å². The number of likely N-dealkylation sites (N-methyl/N-ethyl adjacent to an activating group) is 2. The summed E-state index contributed by atoms with van der Waals surface area (Å²) >= 11 is 0. The fraction of sp³-hybridized carbons (Fsp3) is 0.562. The fourth-order valence-corrected chi connectivity index (χ4v) is 2.83. The van der Waals surface area contributed by atoms with Gasteiger partial charge in [0, 0.05) is 18.8 Å². The Balaban J connectivity index is 2.24. The van der Waals surface area contributed by atoms with Gasteiger partial charge >= 0.3 is 5.97 Å². The van der Waals surface area contributed by atoms with Crippen molar-refractivity contribution in [3.8, 4) is 0 Å². The highest BCUT2D eigenvalue weighted by molar-refractivity contribution is 5.83. The molecule has 1 N–H and O–H groups in total. The van der Waals surface area contributed by atoms with E-state index in [-0.39, 0.29) is 5.97 Å². The van der Waals surface area contributed by atoms with E-state index >= 15 is 0 Å². The van der Waals surface area contributed by atoms with Gasteiger partial charge in [0.05, 0.1) is 7.11 Å². The topological polar surface area (TPSA) is 41.6 Å². The van der Waals surface area contributed by atoms with Crippen LogP contribution in [0.1, 0.15) is 19.8 Å². The molecule has 1 aromatic rings. The largest absolute Gasteiger partial charge is 0.468 e. The molecule has 0 heterocycles. The Morgan fingerprint density at radius 1 is 1.40 bits per heavy atom. The average molecular weight is 276 g/mol. The number of carbonyl (C=O) groups excluding carboxylic acids is 1. The second-order valence-corrected chi connectivity index (χ2v) is 5.34. The number of ether oxygens (including phenoxy) is 1. The molecular weight excluding hydrogens is 252 g/mol. The molecule has 0 bridgehead atoms. The number of hydrogen-bond acceptors (Lipinski definition) is 4. The Morgan fingerprint density at radius 3 is 2.50 bits per heavy atom. The quantitative estimate of drug-likeness (QED) is 0.774. The third kappa shape index (κ3) is 2.80. The minimum Gasteiger partial charge on any atom is -0.468 e. The van der Waals surface area contributed by atoms with E-state index in [9.17, 15) is 4.79 Å². The van der Waals surface area contributed by atoms with Crippen LogP contribution in [-0.4, -0.2) is 38.8 Å². The lowest BCUT2D eigenvalue weighted by molar-refractivity contribution is -0.149. The van der Waals surface area contributed by atoms with E-state index in [1.807, 2.05) is 25.2 Å². The Labute approximate surface area is 121 Å². The van der Waals surface area contributed by atoms with Crippen molar-refractivity contribution in [2.45, 2.75) is 25.3 Å². The first-order valence-corrected chi connectivity index (χ1v) is 7.25. The number of para-hydroxylation sites is 1. The number of rotatable bonds is 7. The maximum atomic E-state index is 12.3. The van der Waals surface area contributed by atoms with Gasteiger partial charge in [-0.05, 0) is 44.9 Å². The van der Waals surface area contributed by atoms with Crippen LogP contribution in [0.15, 0.2) is 30.3 Å². The van der Waals surface area contributed by atoms with Crippen LogP contribution in [0.4, 0.5) is 5.69 Å². The van der Waals surface area contributed by atoms with Crippen molar-refractivity contribution in [1.82, 2.24) is 5.32 Å². The summed E-state index contributed by atoms with van der Waals surface area (Å²) in [5.74, 6) is 0.217. The Morgan fingerprint density at radius 2 is 2.05 bits per heavy atom. The number of methoxy groups -OCH3 is 1. The molecule has 1 unspecified atom stereocenters. The number of nitrogens with one attached hydrogen (secondary N) is 1. The van der Waals surface area contributed by atoms with Crippen LogP contribution in [0.5, 0.6) is 0 Å². The molecule has 4 heteroatoms. The maximum absolute atomic E-state index is 12.3. The molecule has 1 fully saturated rings. The third-order valence-corrected chi connectivity index (χ3v) is 4.21. The van der Waals surface area contributed by atoms with Crippen LogP contribution in [0, 0.1) is 5.92 Å². The highest BCUT2D eigenvalue weighted by Crippen LogP contribution is 2.41. The molecule has 0 saturated heterocycles. The average Bonchev–Trinajstić information content (AvgIpc) is 3.34. The normalized spacial score (nSPS) is 17.4. The lowest BCUT2D eigenvalue weighted by atomic mass is 9.92. The second kappa shape index (κ2) is 6.27. The number of benzene rings is 1. The molecule has 0 radical (unpaired) electrons. The zero-order valence-corrected chi connectivity index (χ0v) is 12.6. The minimum atomic E-state index is -0.597. The summed E-state index contributed by atoms with van der Waals surface area (Å²) in [6.45, 7) is 3.61. The van der Waals surface area contributed by atoms with Crippen molar-refractivity contribution >= 4 is 11.7 Å². The Bertz CT molecular complexity index is 445. The standard InChI is InChI=1S/C16H24N2O2/c1-4-18(14-8-6-5-7-9-14)12-16(17-2,13-10-11-13)15(19)20-3/h5-9,13,17H,4,10-12H2,1-3H3. The van der Waals surface area contributed by atoms with Crippen LogP contribution in [-0.2, 0) is 9.53 Å². The number of anilines is 1. The van der Waals surface area contributed by atoms with E-state index in [0.717, 1.165) is 25.1 Å². The summed E-state index contributed by atoms with van der Waals surface area (Å²) in [7, 11) is 3.32. The van der Waals surface area contributed by atoms with Crippen molar-refractivity contribution in [2.24, 2.45) is 5.92 Å². The molecular formula is C16H24N2O2. The summed E-state index contributed by atoms with van der Waals surface area (Å²) in [6.07, 6.45) is 2.17. The van der Waals surface area contributed by atoms with Crippen LogP contribution < -0.4 is 10.2 Å². The molecule has 1 aliphatic carbocycles. The summed E-state index contributed by atoms with van der Waals surface area (Å²) < 4.78 is 5.06. The van der Waals surface area contributed by atoms with Crippen LogP contribution in [0.25, 0.3) is 0 Å². The number of esters is 1. The van der Waals surface area contributed by atoms with Crippen LogP contribution >= 0.6 is 0 Å². The molecule has 1 aliphatic rings. The van der Waals surface area contributed by atoms with Gasteiger partial charge in [0.15, 0.2) is 0 Å². The molecule has 0 amide bonds. The first-order chi connectivity index (χ1) is 9.67. The first kappa shape index (κ1) is 14.9. The summed E-state index contributed by atoms with van der Waals surface area (Å²) in [4.78, 5) is 14.5. The predicted molar refractivity (Wildman–Crippen MR) is 80.9 cm³/mol. The molecule has 1 aromatic carbocycles. The lowest BCUT2D eigenvalue weighted by Crippen LogP contribution is -2.60. The van der Waals surface area contributed by atoms with Crippen molar-refractivity contribution in [3.63, 3.8) is 0 Å². The first-order valence-electron chi connectivity index (χ1n) is 7.25. The molecule has 1 saturated carbocycles. The lowest BCUT2D eigenvalue weighted by Gasteiger charge is -2.37. The highest BCUT2D eigenvalue weighted by atomic mass is 16.5. The van der Waals surface area contributed by atoms with Crippen molar-refractivity contribution in [2.75, 3.05) is 32.1 Å². The van der Waals surface area contributed by atoms with Gasteiger partial charge in [-0.3, -0.25) is 0 Å². The van der Waals surface area contributed by atoms with E-state index in [1.165, 1.54) is 7.11 Å². The predicted octanol–water partition coefficient (Wildman–Crippen LogP) is 2.05. The van der Waals surface area contributed by atoms with Crippen molar-refractivity contribution < 1.29 is 9.53 Å². The number of carbonyl (C=O) groups is 1. The Hall–Kier alpha value is -1.55. The van der Waals surface area contributed by atoms with Crippen LogP contribution in [0.3, 0.4) is 0 Å². The minimum absolute atomic E-state index is 0.156. The van der Waals surface area contributed by atoms with E-state index in [0.29, 0.717) is 12.5 Å². The van der Waals surface area contributed by atoms with Gasteiger partial charge in [0.25, 0.3) is 0 Å². The zero-order valence-electron chi connectivity index (χ0n) is 12.6. The SMILES string of the molecule is CCN(CC(NC)(C(=O)OC)C1CC1)c1ccccc1. The maximum Gasteiger partial charge on any atom is 0.328 e. The van der Waals surface area contributed by atoms with Gasteiger partial charge in [-0.1, -0.05) is 18.2 Å². The van der Waals surface area contributed by atoms with Crippen LogP contribution in [0.2, 0.25) is 0 Å². The molecule has 4 nitrogen and oxygen atoms in total. The van der Waals surface area contributed by atoms with E-state index in [1.54, 1.807) is 0 Å². The molecule has 0 spiro atoms.